The number of nitrogens with zero attached hydrogens (tertiary/aromatic N) is 2. The summed E-state index contributed by atoms with van der Waals surface area (Å²) in [7, 11) is -0.980. The van der Waals surface area contributed by atoms with Gasteiger partial charge in [0.25, 0.3) is 0 Å². The molecule has 2 N–H and O–H groups in total. The third-order valence-corrected chi connectivity index (χ3v) is 4.87. The third kappa shape index (κ3) is 3.66. The first-order chi connectivity index (χ1) is 7.89. The van der Waals surface area contributed by atoms with Gasteiger partial charge < -0.3 is 15.0 Å². The van der Waals surface area contributed by atoms with Crippen molar-refractivity contribution < 1.29 is 4.74 Å². The predicted octanol–water partition coefficient (Wildman–Crippen LogP) is 2.14. The monoisotopic (exact) mass is 253 g/mol. The third-order valence-electron chi connectivity index (χ3n) is 3.17. The van der Waals surface area contributed by atoms with E-state index in [4.69, 9.17) is 10.5 Å². The van der Waals surface area contributed by atoms with Gasteiger partial charge in [0.15, 0.2) is 0 Å². The minimum Gasteiger partial charge on any atom is -0.361 e. The van der Waals surface area contributed by atoms with E-state index in [0.717, 1.165) is 25.1 Å². The zero-order valence-corrected chi connectivity index (χ0v) is 12.1. The minimum atomic E-state index is -0.980. The van der Waals surface area contributed by atoms with Gasteiger partial charge in [0.05, 0.1) is 17.6 Å². The fourth-order valence-electron chi connectivity index (χ4n) is 1.63. The predicted molar refractivity (Wildman–Crippen MR) is 71.4 cm³/mol. The van der Waals surface area contributed by atoms with E-state index in [1.54, 1.807) is 0 Å². The largest absolute Gasteiger partial charge is 0.361 e. The van der Waals surface area contributed by atoms with E-state index in [9.17, 15) is 0 Å². The van der Waals surface area contributed by atoms with Gasteiger partial charge in [-0.25, -0.2) is 4.98 Å². The van der Waals surface area contributed by atoms with Gasteiger partial charge >= 0.3 is 0 Å². The van der Waals surface area contributed by atoms with Crippen LogP contribution in [0.5, 0.6) is 0 Å². The van der Waals surface area contributed by atoms with Crippen LogP contribution in [0, 0.1) is 0 Å². The fraction of sp³-hybridized carbons (Fsp3) is 0.750. The van der Waals surface area contributed by atoms with Crippen molar-refractivity contribution in [3.05, 3.63) is 18.2 Å². The summed E-state index contributed by atoms with van der Waals surface area (Å²) in [5.74, 6) is 0. The maximum absolute atomic E-state index is 6.08. The van der Waals surface area contributed by atoms with Gasteiger partial charge in [-0.05, 0) is 18.9 Å². The molecule has 0 aliphatic heterocycles. The molecule has 5 heteroatoms. The fourth-order valence-corrected chi connectivity index (χ4v) is 2.38. The standard InChI is InChI=1S/C12H23N3OSi/c1-17(2,3)7-6-16-10-15-8-11(14-9-15)12(13)4-5-12/h8-9H,4-7,10,13H2,1-3H3. The highest BCUT2D eigenvalue weighted by molar-refractivity contribution is 6.76. The molecule has 4 nitrogen and oxygen atoms in total. The second-order valence-corrected chi connectivity index (χ2v) is 11.9. The first-order valence-corrected chi connectivity index (χ1v) is 9.99. The quantitative estimate of drug-likeness (QED) is 0.624. The van der Waals surface area contributed by atoms with Crippen LogP contribution in [0.2, 0.25) is 25.7 Å². The van der Waals surface area contributed by atoms with E-state index in [2.05, 4.69) is 24.6 Å². The molecule has 0 spiro atoms. The highest BCUT2D eigenvalue weighted by Crippen LogP contribution is 2.41. The zero-order valence-electron chi connectivity index (χ0n) is 11.1. The van der Waals surface area contributed by atoms with Gasteiger partial charge in [0, 0.05) is 20.9 Å². The molecule has 0 radical (unpaired) electrons. The van der Waals surface area contributed by atoms with Crippen molar-refractivity contribution in [3.63, 3.8) is 0 Å². The first-order valence-electron chi connectivity index (χ1n) is 6.28. The molecule has 1 fully saturated rings. The van der Waals surface area contributed by atoms with E-state index in [-0.39, 0.29) is 5.54 Å². The van der Waals surface area contributed by atoms with E-state index < -0.39 is 8.07 Å². The SMILES string of the molecule is C[Si](C)(C)CCOCn1cnc(C2(N)CC2)c1. The Labute approximate surface area is 104 Å². The van der Waals surface area contributed by atoms with Crippen molar-refractivity contribution in [3.8, 4) is 0 Å². The molecular weight excluding hydrogens is 230 g/mol. The second-order valence-electron chi connectivity index (χ2n) is 6.28. The highest BCUT2D eigenvalue weighted by atomic mass is 28.3. The molecular formula is C12H23N3OSi. The summed E-state index contributed by atoms with van der Waals surface area (Å²) < 4.78 is 7.64. The summed E-state index contributed by atoms with van der Waals surface area (Å²) >= 11 is 0. The van der Waals surface area contributed by atoms with Gasteiger partial charge in [0.2, 0.25) is 0 Å². The molecule has 0 amide bonds. The van der Waals surface area contributed by atoms with Crippen LogP contribution in [0.4, 0.5) is 0 Å². The summed E-state index contributed by atoms with van der Waals surface area (Å²) in [6.07, 6.45) is 5.94. The Morgan fingerprint density at radius 2 is 2.18 bits per heavy atom. The van der Waals surface area contributed by atoms with Crippen LogP contribution in [-0.4, -0.2) is 24.2 Å². The van der Waals surface area contributed by atoms with Crippen molar-refractivity contribution in [1.82, 2.24) is 9.55 Å². The van der Waals surface area contributed by atoms with Gasteiger partial charge in [-0.3, -0.25) is 0 Å². The number of ether oxygens (including phenoxy) is 1. The number of nitrogens with two attached hydrogens (primary N) is 1. The molecule has 0 atom stereocenters. The highest BCUT2D eigenvalue weighted by Gasteiger charge is 2.42. The summed E-state index contributed by atoms with van der Waals surface area (Å²) in [5, 5.41) is 0. The average molecular weight is 253 g/mol. The topological polar surface area (TPSA) is 53.1 Å². The van der Waals surface area contributed by atoms with Crippen molar-refractivity contribution in [2.75, 3.05) is 6.61 Å². The van der Waals surface area contributed by atoms with E-state index in [1.165, 1.54) is 6.04 Å². The van der Waals surface area contributed by atoms with Crippen LogP contribution < -0.4 is 5.73 Å². The lowest BCUT2D eigenvalue weighted by Crippen LogP contribution is -2.22. The molecule has 17 heavy (non-hydrogen) atoms. The molecule has 96 valence electrons. The number of imidazole rings is 1. The first kappa shape index (κ1) is 12.8. The molecule has 0 unspecified atom stereocenters. The summed E-state index contributed by atoms with van der Waals surface area (Å²) in [5.41, 5.74) is 6.95. The lowest BCUT2D eigenvalue weighted by molar-refractivity contribution is 0.0870. The molecule has 1 heterocycles. The number of aromatic nitrogens is 2. The summed E-state index contributed by atoms with van der Waals surface area (Å²) in [6, 6.07) is 1.20. The summed E-state index contributed by atoms with van der Waals surface area (Å²) in [4.78, 5) is 4.34. The average Bonchev–Trinajstić information content (AvgIpc) is 2.80. The lowest BCUT2D eigenvalue weighted by Gasteiger charge is -2.15. The van der Waals surface area contributed by atoms with Crippen molar-refractivity contribution >= 4 is 8.07 Å². The molecule has 0 saturated heterocycles. The molecule has 1 aromatic heterocycles. The maximum atomic E-state index is 6.08. The molecule has 0 bridgehead atoms. The van der Waals surface area contributed by atoms with E-state index in [1.807, 2.05) is 17.1 Å². The molecule has 0 aromatic carbocycles. The molecule has 1 aromatic rings. The Balaban J connectivity index is 1.74. The molecule has 1 saturated carbocycles. The smallest absolute Gasteiger partial charge is 0.123 e. The molecule has 2 rings (SSSR count). The van der Waals surface area contributed by atoms with E-state index >= 15 is 0 Å². The molecule has 1 aliphatic rings. The van der Waals surface area contributed by atoms with Crippen molar-refractivity contribution in [2.45, 2.75) is 50.8 Å². The Kier molecular flexibility index (Phi) is 3.42. The Morgan fingerprint density at radius 1 is 1.47 bits per heavy atom. The van der Waals surface area contributed by atoms with Crippen LogP contribution in [-0.2, 0) is 17.0 Å². The van der Waals surface area contributed by atoms with Gasteiger partial charge in [-0.15, -0.1) is 0 Å². The Bertz CT molecular complexity index is 379. The van der Waals surface area contributed by atoms with Gasteiger partial charge in [-0.1, -0.05) is 19.6 Å². The lowest BCUT2D eigenvalue weighted by atomic mass is 10.2. The number of rotatable bonds is 6. The Hall–Kier alpha value is -0.653. The van der Waals surface area contributed by atoms with Crippen LogP contribution in [0.3, 0.4) is 0 Å². The zero-order chi connectivity index (χ0) is 12.5. The van der Waals surface area contributed by atoms with Crippen LogP contribution in [0.1, 0.15) is 18.5 Å². The van der Waals surface area contributed by atoms with E-state index in [0.29, 0.717) is 6.73 Å². The number of hydrogen-bond donors (Lipinski definition) is 1. The van der Waals surface area contributed by atoms with Crippen LogP contribution in [0.25, 0.3) is 0 Å². The normalized spacial score (nSPS) is 18.4. The van der Waals surface area contributed by atoms with Crippen LogP contribution >= 0.6 is 0 Å². The number of hydrogen-bond acceptors (Lipinski definition) is 3. The van der Waals surface area contributed by atoms with Gasteiger partial charge in [-0.2, -0.15) is 0 Å². The maximum Gasteiger partial charge on any atom is 0.123 e. The minimum absolute atomic E-state index is 0.135. The van der Waals surface area contributed by atoms with Gasteiger partial charge in [0.1, 0.15) is 6.73 Å². The van der Waals surface area contributed by atoms with Crippen molar-refractivity contribution in [1.29, 1.82) is 0 Å². The molecule has 1 aliphatic carbocycles. The van der Waals surface area contributed by atoms with Crippen molar-refractivity contribution in [2.24, 2.45) is 5.73 Å². The second kappa shape index (κ2) is 4.55. The Morgan fingerprint density at radius 3 is 2.76 bits per heavy atom. The summed E-state index contributed by atoms with van der Waals surface area (Å²) in [6.45, 7) is 8.51. The van der Waals surface area contributed by atoms with Crippen LogP contribution in [0.15, 0.2) is 12.5 Å².